The molecule has 6 aromatic rings. The highest BCUT2D eigenvalue weighted by atomic mass is 31.3. The van der Waals surface area contributed by atoms with E-state index in [0.29, 0.717) is 0 Å². The molecule has 1 fully saturated rings. The molecule has 7 rings (SSSR count). The molecule has 0 amide bonds. The molecule has 0 aliphatic carbocycles. The zero-order valence-corrected chi connectivity index (χ0v) is 34.2. The first kappa shape index (κ1) is 36.9. The minimum atomic E-state index is -1.22. The van der Waals surface area contributed by atoms with Gasteiger partial charge in [0.2, 0.25) is 0 Å². The van der Waals surface area contributed by atoms with Gasteiger partial charge in [-0.15, -0.1) is 0 Å². The van der Waals surface area contributed by atoms with Crippen LogP contribution in [0.25, 0.3) is 0 Å². The van der Waals surface area contributed by atoms with Crippen molar-refractivity contribution >= 4 is 64.6 Å². The van der Waals surface area contributed by atoms with Gasteiger partial charge in [0.05, 0.1) is 0 Å². The first-order chi connectivity index (χ1) is 25.1. The number of rotatable bonds is 10. The van der Waals surface area contributed by atoms with Crippen LogP contribution in [-0.2, 0) is 0 Å². The summed E-state index contributed by atoms with van der Waals surface area (Å²) in [6.45, 7) is 13.7. The lowest BCUT2D eigenvalue weighted by atomic mass is 10.1. The fraction of sp³-hybridized carbons (Fsp3) is 0.182. The summed E-state index contributed by atoms with van der Waals surface area (Å²) in [7, 11) is -4.13. The number of para-hydroxylation sites is 2. The van der Waals surface area contributed by atoms with Crippen molar-refractivity contribution < 1.29 is 9.05 Å². The molecule has 0 bridgehead atoms. The van der Waals surface area contributed by atoms with Crippen molar-refractivity contribution in [2.24, 2.45) is 0 Å². The van der Waals surface area contributed by atoms with E-state index in [1.165, 1.54) is 31.8 Å². The smallest absolute Gasteiger partial charge is 0.264 e. The summed E-state index contributed by atoms with van der Waals surface area (Å²) in [6, 6.07) is 60.8. The molecule has 0 aromatic heterocycles. The van der Waals surface area contributed by atoms with Crippen LogP contribution in [0.2, 0.25) is 0 Å². The molecule has 1 aliphatic rings. The maximum Gasteiger partial charge on any atom is 0.264 e. The Hall–Kier alpha value is -3.44. The standard InChI is InChI=1S/C44H46N2O2P4/c1-43(2,3)45-51(47-39-31-19-21-33-41(39)49(35-23-11-7-12-24-35)36-25-13-8-14-26-36)46(44(4,5)6)52(45)48-40-32-20-22-34-42(40)50(37-27-15-9-16-28-37)38-29-17-10-18-30-38/h7-34H,1-6H3. The van der Waals surface area contributed by atoms with E-state index in [1.54, 1.807) is 0 Å². The van der Waals surface area contributed by atoms with Gasteiger partial charge in [-0.2, -0.15) is 8.88 Å². The van der Waals surface area contributed by atoms with Crippen molar-refractivity contribution in [1.82, 2.24) is 8.88 Å². The molecule has 0 radical (unpaired) electrons. The van der Waals surface area contributed by atoms with Gasteiger partial charge in [-0.25, -0.2) is 0 Å². The monoisotopic (exact) mass is 758 g/mol. The van der Waals surface area contributed by atoms with Crippen molar-refractivity contribution in [1.29, 1.82) is 0 Å². The zero-order valence-electron chi connectivity index (χ0n) is 30.7. The maximum absolute atomic E-state index is 7.34. The molecule has 1 saturated heterocycles. The molecule has 1 heterocycles. The van der Waals surface area contributed by atoms with Gasteiger partial charge in [0.1, 0.15) is 11.5 Å². The van der Waals surface area contributed by atoms with Gasteiger partial charge in [0.25, 0.3) is 16.9 Å². The Labute approximate surface area is 315 Å². The van der Waals surface area contributed by atoms with E-state index in [9.17, 15) is 0 Å². The van der Waals surface area contributed by atoms with Gasteiger partial charge >= 0.3 is 0 Å². The van der Waals surface area contributed by atoms with Crippen LogP contribution in [0.3, 0.4) is 0 Å². The number of hydrogen-bond donors (Lipinski definition) is 0. The van der Waals surface area contributed by atoms with Gasteiger partial charge in [-0.1, -0.05) is 158 Å². The molecule has 0 atom stereocenters. The molecule has 4 nitrogen and oxygen atoms in total. The Balaban J connectivity index is 1.28. The lowest BCUT2D eigenvalue weighted by molar-refractivity contribution is 0.226. The Morgan fingerprint density at radius 2 is 0.615 bits per heavy atom. The highest BCUT2D eigenvalue weighted by Crippen LogP contribution is 2.81. The molecule has 8 heteroatoms. The molecule has 52 heavy (non-hydrogen) atoms. The molecule has 0 saturated carbocycles. The van der Waals surface area contributed by atoms with Crippen molar-refractivity contribution in [3.05, 3.63) is 170 Å². The number of benzene rings is 6. The normalized spacial score (nSPS) is 16.8. The van der Waals surface area contributed by atoms with Crippen LogP contribution in [-0.4, -0.2) is 20.0 Å². The number of hydrogen-bond acceptors (Lipinski definition) is 4. The van der Waals surface area contributed by atoms with Gasteiger partial charge in [-0.05, 0) is 90.7 Å². The topological polar surface area (TPSA) is 24.9 Å². The summed E-state index contributed by atoms with van der Waals surface area (Å²) in [5, 5.41) is 7.65. The predicted molar refractivity (Wildman–Crippen MR) is 229 cm³/mol. The van der Waals surface area contributed by atoms with E-state index in [-0.39, 0.29) is 11.1 Å². The molecular weight excluding hydrogens is 712 g/mol. The second-order valence-corrected chi connectivity index (χ2v) is 22.5. The van der Waals surface area contributed by atoms with Crippen molar-refractivity contribution in [2.75, 3.05) is 0 Å². The third kappa shape index (κ3) is 7.91. The van der Waals surface area contributed by atoms with E-state index < -0.39 is 32.7 Å². The van der Waals surface area contributed by atoms with Crippen LogP contribution in [0.4, 0.5) is 0 Å². The van der Waals surface area contributed by atoms with E-state index in [1.807, 2.05) is 0 Å². The third-order valence-electron chi connectivity index (χ3n) is 8.48. The van der Waals surface area contributed by atoms with Gasteiger partial charge in [0, 0.05) is 21.7 Å². The minimum absolute atomic E-state index is 0.212. The fourth-order valence-corrected chi connectivity index (χ4v) is 16.4. The quantitative estimate of drug-likeness (QED) is 0.130. The molecule has 6 aromatic carbocycles. The fourth-order valence-electron chi connectivity index (χ4n) is 6.22. The second kappa shape index (κ2) is 15.9. The summed E-state index contributed by atoms with van der Waals surface area (Å²) in [5.41, 5.74) is -0.424. The minimum Gasteiger partial charge on any atom is -0.443 e. The van der Waals surface area contributed by atoms with Crippen LogP contribution < -0.4 is 40.9 Å². The van der Waals surface area contributed by atoms with E-state index >= 15 is 0 Å². The van der Waals surface area contributed by atoms with E-state index in [0.717, 1.165) is 11.5 Å². The lowest BCUT2D eigenvalue weighted by Gasteiger charge is -2.60. The zero-order chi connectivity index (χ0) is 36.3. The van der Waals surface area contributed by atoms with Crippen molar-refractivity contribution in [3.63, 3.8) is 0 Å². The van der Waals surface area contributed by atoms with Crippen LogP contribution >= 0.6 is 32.7 Å². The van der Waals surface area contributed by atoms with Crippen LogP contribution in [0, 0.1) is 0 Å². The number of nitrogens with zero attached hydrogens (tertiary/aromatic N) is 2. The molecule has 264 valence electrons. The highest BCUT2D eigenvalue weighted by molar-refractivity contribution is 7.81. The molecule has 0 unspecified atom stereocenters. The Morgan fingerprint density at radius 3 is 0.885 bits per heavy atom. The van der Waals surface area contributed by atoms with Gasteiger partial charge < -0.3 is 9.05 Å². The lowest BCUT2D eigenvalue weighted by Crippen LogP contribution is -2.55. The Bertz CT molecular complexity index is 1820. The highest BCUT2D eigenvalue weighted by Gasteiger charge is 2.61. The molecule has 0 N–H and O–H groups in total. The third-order valence-corrected chi connectivity index (χ3v) is 19.7. The van der Waals surface area contributed by atoms with Gasteiger partial charge in [-0.3, -0.25) is 0 Å². The van der Waals surface area contributed by atoms with Crippen molar-refractivity contribution in [2.45, 2.75) is 52.6 Å². The van der Waals surface area contributed by atoms with Crippen LogP contribution in [0.5, 0.6) is 11.5 Å². The molecule has 0 spiro atoms. The molecule has 1 aliphatic heterocycles. The Morgan fingerprint density at radius 1 is 0.365 bits per heavy atom. The van der Waals surface area contributed by atoms with E-state index in [4.69, 9.17) is 9.05 Å². The summed E-state index contributed by atoms with van der Waals surface area (Å²) < 4.78 is 19.7. The first-order valence-electron chi connectivity index (χ1n) is 17.7. The van der Waals surface area contributed by atoms with Crippen LogP contribution in [0.15, 0.2) is 170 Å². The van der Waals surface area contributed by atoms with Gasteiger partial charge in [0.15, 0.2) is 0 Å². The SMILES string of the molecule is CC(C)(C)N1P(Oc2ccccc2P(c2ccccc2)c2ccccc2)N(C(C)(C)C)P1Oc1ccccc1P(c1ccccc1)c1ccccc1. The maximum atomic E-state index is 7.34. The summed E-state index contributed by atoms with van der Waals surface area (Å²) in [6.07, 6.45) is 0. The molecular formula is C44H46N2O2P4. The Kier molecular flexibility index (Phi) is 11.3. The first-order valence-corrected chi connectivity index (χ1v) is 22.7. The van der Waals surface area contributed by atoms with Crippen molar-refractivity contribution in [3.8, 4) is 11.5 Å². The average Bonchev–Trinajstić information content (AvgIpc) is 3.13. The second-order valence-electron chi connectivity index (χ2n) is 14.6. The summed E-state index contributed by atoms with van der Waals surface area (Å²) in [4.78, 5) is 0. The largest absolute Gasteiger partial charge is 0.443 e. The predicted octanol–water partition coefficient (Wildman–Crippen LogP) is 10.3. The van der Waals surface area contributed by atoms with Crippen LogP contribution in [0.1, 0.15) is 41.5 Å². The average molecular weight is 759 g/mol. The summed E-state index contributed by atoms with van der Waals surface area (Å²) in [5.74, 6) is 1.87. The van der Waals surface area contributed by atoms with E-state index in [2.05, 4.69) is 220 Å². The summed E-state index contributed by atoms with van der Waals surface area (Å²) >= 11 is 0.